The van der Waals surface area contributed by atoms with E-state index in [0.29, 0.717) is 10.7 Å². The molecule has 1 aliphatic carbocycles. The Morgan fingerprint density at radius 1 is 0.943 bits per heavy atom. The fraction of sp³-hybridized carbons (Fsp3) is 0.560. The minimum Gasteiger partial charge on any atom is -0.343 e. The minimum absolute atomic E-state index is 0.0445. The van der Waals surface area contributed by atoms with Gasteiger partial charge in [-0.1, -0.05) is 67.9 Å². The molecule has 0 spiro atoms. The Balaban J connectivity index is 1.75. The van der Waals surface area contributed by atoms with Gasteiger partial charge in [-0.25, -0.2) is 0 Å². The van der Waals surface area contributed by atoms with Gasteiger partial charge in [0.25, 0.3) is 0 Å². The Bertz CT molecular complexity index is 990. The number of amides is 3. The molecule has 0 radical (unpaired) electrons. The van der Waals surface area contributed by atoms with Crippen LogP contribution in [0.25, 0.3) is 11.3 Å². The van der Waals surface area contributed by atoms with Gasteiger partial charge in [0, 0.05) is 17.1 Å². The largest absolute Gasteiger partial charge is 0.343 e. The monoisotopic (exact) mass is 500 g/mol. The van der Waals surface area contributed by atoms with Crippen molar-refractivity contribution in [1.82, 2.24) is 25.5 Å². The summed E-state index contributed by atoms with van der Waals surface area (Å²) in [4.78, 5) is 39.3. The van der Waals surface area contributed by atoms with Gasteiger partial charge < -0.3 is 21.3 Å². The molecular formula is C25H36N6O3S. The van der Waals surface area contributed by atoms with E-state index in [1.54, 1.807) is 14.0 Å². The van der Waals surface area contributed by atoms with Crippen molar-refractivity contribution in [2.75, 3.05) is 12.4 Å². The van der Waals surface area contributed by atoms with Crippen molar-refractivity contribution in [3.8, 4) is 11.3 Å². The molecular weight excluding hydrogens is 464 g/mol. The average molecular weight is 501 g/mol. The topological polar surface area (TPSA) is 125 Å². The fourth-order valence-corrected chi connectivity index (χ4v) is 4.90. The van der Waals surface area contributed by atoms with Crippen LogP contribution in [-0.4, -0.2) is 52.5 Å². The standard InChI is InChI=1S/C25H36N6O3S/c1-15(2)19(23(33)29-25-21(30-31-35-25)18-13-9-6-10-14-18)27-24(34)20(17-11-7-5-8-12-17)28-22(32)16(3)26-4/h6,9-10,13-17,19-20,26H,5,7-8,11-12H2,1-4H3,(H,27,34)(H,28,32)(H,29,33)/t16-,19-,20-/m0/s1. The SMILES string of the molecule is CN[C@@H](C)C(=O)N[C@H](C(=O)N[C@H](C(=O)Nc1snnc1-c1ccccc1)C(C)C)C1CCCCC1. The third-order valence-corrected chi connectivity index (χ3v) is 7.19. The highest BCUT2D eigenvalue weighted by Crippen LogP contribution is 2.29. The summed E-state index contributed by atoms with van der Waals surface area (Å²) in [7, 11) is 1.71. The second-order valence-corrected chi connectivity index (χ2v) is 10.2. The number of carbonyl (C=O) groups excluding carboxylic acids is 3. The van der Waals surface area contributed by atoms with Crippen molar-refractivity contribution in [3.63, 3.8) is 0 Å². The van der Waals surface area contributed by atoms with Gasteiger partial charge in [-0.2, -0.15) is 0 Å². The summed E-state index contributed by atoms with van der Waals surface area (Å²) >= 11 is 1.09. The van der Waals surface area contributed by atoms with Crippen LogP contribution in [0.3, 0.4) is 0 Å². The molecule has 35 heavy (non-hydrogen) atoms. The number of benzene rings is 1. The van der Waals surface area contributed by atoms with Crippen molar-refractivity contribution in [2.24, 2.45) is 11.8 Å². The minimum atomic E-state index is -0.780. The van der Waals surface area contributed by atoms with Crippen LogP contribution in [0.15, 0.2) is 30.3 Å². The van der Waals surface area contributed by atoms with Crippen LogP contribution in [-0.2, 0) is 14.4 Å². The molecule has 2 aromatic rings. The maximum atomic E-state index is 13.5. The average Bonchev–Trinajstić information content (AvgIpc) is 3.33. The molecule has 1 aromatic carbocycles. The van der Waals surface area contributed by atoms with Gasteiger partial charge in [-0.05, 0) is 38.6 Å². The summed E-state index contributed by atoms with van der Waals surface area (Å²) in [6, 6.07) is 7.61. The quantitative estimate of drug-likeness (QED) is 0.398. The molecule has 3 atom stereocenters. The van der Waals surface area contributed by atoms with Gasteiger partial charge in [0.15, 0.2) is 0 Å². The van der Waals surface area contributed by atoms with Gasteiger partial charge >= 0.3 is 0 Å². The van der Waals surface area contributed by atoms with Crippen molar-refractivity contribution >= 4 is 34.3 Å². The van der Waals surface area contributed by atoms with E-state index < -0.39 is 18.1 Å². The first-order valence-corrected chi connectivity index (χ1v) is 13.1. The first kappa shape index (κ1) is 26.7. The molecule has 4 N–H and O–H groups in total. The number of anilines is 1. The van der Waals surface area contributed by atoms with E-state index in [1.165, 1.54) is 0 Å². The maximum Gasteiger partial charge on any atom is 0.247 e. The van der Waals surface area contributed by atoms with Gasteiger partial charge in [0.1, 0.15) is 22.8 Å². The highest BCUT2D eigenvalue weighted by Gasteiger charge is 2.35. The highest BCUT2D eigenvalue weighted by atomic mass is 32.1. The zero-order valence-corrected chi connectivity index (χ0v) is 21.7. The summed E-state index contributed by atoms with van der Waals surface area (Å²) < 4.78 is 4.00. The van der Waals surface area contributed by atoms with E-state index in [9.17, 15) is 14.4 Å². The van der Waals surface area contributed by atoms with E-state index in [1.807, 2.05) is 44.2 Å². The summed E-state index contributed by atoms with van der Waals surface area (Å²) in [5.41, 5.74) is 1.44. The van der Waals surface area contributed by atoms with Crippen LogP contribution >= 0.6 is 11.5 Å². The van der Waals surface area contributed by atoms with Crippen molar-refractivity contribution in [2.45, 2.75) is 71.0 Å². The maximum absolute atomic E-state index is 13.5. The molecule has 1 heterocycles. The summed E-state index contributed by atoms with van der Waals surface area (Å²) in [5.74, 6) is -1.02. The first-order valence-electron chi connectivity index (χ1n) is 12.3. The lowest BCUT2D eigenvalue weighted by molar-refractivity contribution is -0.133. The Kier molecular flexibility index (Phi) is 9.73. The Morgan fingerprint density at radius 3 is 2.26 bits per heavy atom. The molecule has 1 fully saturated rings. The number of hydrogen-bond acceptors (Lipinski definition) is 7. The van der Waals surface area contributed by atoms with E-state index in [2.05, 4.69) is 30.9 Å². The van der Waals surface area contributed by atoms with Crippen LogP contribution in [0.2, 0.25) is 0 Å². The number of aromatic nitrogens is 2. The lowest BCUT2D eigenvalue weighted by Crippen LogP contribution is -2.58. The van der Waals surface area contributed by atoms with Gasteiger partial charge in [0.05, 0.1) is 6.04 Å². The van der Waals surface area contributed by atoms with Crippen LogP contribution in [0.4, 0.5) is 5.00 Å². The number of nitrogens with zero attached hydrogens (tertiary/aromatic N) is 2. The van der Waals surface area contributed by atoms with Crippen LogP contribution < -0.4 is 21.3 Å². The summed E-state index contributed by atoms with van der Waals surface area (Å²) in [6.45, 7) is 5.51. The van der Waals surface area contributed by atoms with Crippen LogP contribution in [0.5, 0.6) is 0 Å². The number of nitrogens with one attached hydrogen (secondary N) is 4. The number of hydrogen-bond donors (Lipinski definition) is 4. The predicted molar refractivity (Wildman–Crippen MR) is 138 cm³/mol. The second-order valence-electron chi connectivity index (χ2n) is 9.43. The van der Waals surface area contributed by atoms with Crippen LogP contribution in [0.1, 0.15) is 52.9 Å². The number of rotatable bonds is 10. The van der Waals surface area contributed by atoms with Crippen molar-refractivity contribution in [3.05, 3.63) is 30.3 Å². The second kappa shape index (κ2) is 12.7. The molecule has 9 nitrogen and oxygen atoms in total. The van der Waals surface area contributed by atoms with Crippen LogP contribution in [0, 0.1) is 11.8 Å². The van der Waals surface area contributed by atoms with E-state index in [4.69, 9.17) is 0 Å². The molecule has 3 rings (SSSR count). The van der Waals surface area contributed by atoms with Gasteiger partial charge in [-0.15, -0.1) is 5.10 Å². The molecule has 190 valence electrons. The lowest BCUT2D eigenvalue weighted by Gasteiger charge is -2.32. The molecule has 0 bridgehead atoms. The molecule has 0 saturated heterocycles. The Hall–Kier alpha value is -2.85. The fourth-order valence-electron chi connectivity index (χ4n) is 4.30. The molecule has 3 amide bonds. The molecule has 0 aliphatic heterocycles. The smallest absolute Gasteiger partial charge is 0.247 e. The van der Waals surface area contributed by atoms with Gasteiger partial charge in [-0.3, -0.25) is 14.4 Å². The predicted octanol–water partition coefficient (Wildman–Crippen LogP) is 2.96. The molecule has 1 saturated carbocycles. The zero-order valence-electron chi connectivity index (χ0n) is 20.8. The normalized spacial score (nSPS) is 16.8. The molecule has 10 heteroatoms. The van der Waals surface area contributed by atoms with E-state index in [0.717, 1.165) is 49.2 Å². The summed E-state index contributed by atoms with van der Waals surface area (Å²) in [5, 5.41) is 16.4. The van der Waals surface area contributed by atoms with Crippen molar-refractivity contribution < 1.29 is 14.4 Å². The van der Waals surface area contributed by atoms with E-state index in [-0.39, 0.29) is 29.6 Å². The van der Waals surface area contributed by atoms with E-state index >= 15 is 0 Å². The summed E-state index contributed by atoms with van der Waals surface area (Å²) in [6.07, 6.45) is 4.94. The zero-order chi connectivity index (χ0) is 25.4. The Labute approximate surface area is 211 Å². The molecule has 1 aliphatic rings. The lowest BCUT2D eigenvalue weighted by atomic mass is 9.83. The van der Waals surface area contributed by atoms with Gasteiger partial charge in [0.2, 0.25) is 17.7 Å². The highest BCUT2D eigenvalue weighted by molar-refractivity contribution is 7.10. The third kappa shape index (κ3) is 7.08. The molecule has 0 unspecified atom stereocenters. The molecule has 1 aromatic heterocycles. The van der Waals surface area contributed by atoms with Crippen molar-refractivity contribution in [1.29, 1.82) is 0 Å². The first-order chi connectivity index (χ1) is 16.8. The third-order valence-electron chi connectivity index (χ3n) is 6.55. The number of carbonyl (C=O) groups is 3. The Morgan fingerprint density at radius 2 is 1.63 bits per heavy atom. The number of likely N-dealkylation sites (N-methyl/N-ethyl adjacent to an activating group) is 1.